The topological polar surface area (TPSA) is 55.1 Å². The largest absolute Gasteiger partial charge is 0.497 e. The lowest BCUT2D eigenvalue weighted by molar-refractivity contribution is 0.149. The highest BCUT2D eigenvalue weighted by atomic mass is 16.5. The van der Waals surface area contributed by atoms with Crippen molar-refractivity contribution in [2.24, 2.45) is 4.99 Å². The van der Waals surface area contributed by atoms with E-state index in [1.807, 2.05) is 16.9 Å². The van der Waals surface area contributed by atoms with Crippen molar-refractivity contribution in [2.45, 2.75) is 19.4 Å². The molecule has 7 nitrogen and oxygen atoms in total. The summed E-state index contributed by atoms with van der Waals surface area (Å²) in [5.41, 5.74) is 4.52. The molecule has 0 radical (unpaired) electrons. The molecule has 0 unspecified atom stereocenters. The minimum absolute atomic E-state index is 0.795. The van der Waals surface area contributed by atoms with Gasteiger partial charge in [-0.3, -0.25) is 14.6 Å². The quantitative estimate of drug-likeness (QED) is 0.621. The normalized spacial score (nSPS) is 17.2. The standard InChI is InChI=1S/C24H33N5O2/c1-27-9-11-28(12-10-27)13-14-29-18-20(17-26-29)24-19(6-7-21-5-4-8-25-21)15-22(30-2)16-23(24)31-3/h4-5,15-18H,6-14H2,1-3H3. The second-order valence-electron chi connectivity index (χ2n) is 8.24. The van der Waals surface area contributed by atoms with Gasteiger partial charge in [0.15, 0.2) is 0 Å². The van der Waals surface area contributed by atoms with E-state index in [0.717, 1.165) is 87.0 Å². The number of benzene rings is 1. The number of aryl methyl sites for hydroxylation is 1. The van der Waals surface area contributed by atoms with E-state index in [-0.39, 0.29) is 0 Å². The summed E-state index contributed by atoms with van der Waals surface area (Å²) in [6.45, 7) is 7.23. The van der Waals surface area contributed by atoms with Crippen LogP contribution in [0.4, 0.5) is 0 Å². The molecule has 0 atom stereocenters. The van der Waals surface area contributed by atoms with Crippen molar-refractivity contribution in [1.82, 2.24) is 19.6 Å². The number of nitrogens with zero attached hydrogens (tertiary/aromatic N) is 5. The number of aromatic nitrogens is 2. The number of likely N-dealkylation sites (N-methyl/N-ethyl adjacent to an activating group) is 1. The van der Waals surface area contributed by atoms with E-state index < -0.39 is 0 Å². The van der Waals surface area contributed by atoms with Crippen molar-refractivity contribution in [3.63, 3.8) is 0 Å². The number of hydrogen-bond acceptors (Lipinski definition) is 6. The van der Waals surface area contributed by atoms with Crippen LogP contribution in [0.15, 0.2) is 41.7 Å². The Kier molecular flexibility index (Phi) is 7.04. The molecule has 4 rings (SSSR count). The van der Waals surface area contributed by atoms with Crippen molar-refractivity contribution in [2.75, 3.05) is 60.5 Å². The van der Waals surface area contributed by atoms with Gasteiger partial charge >= 0.3 is 0 Å². The van der Waals surface area contributed by atoms with Crippen molar-refractivity contribution >= 4 is 5.71 Å². The maximum Gasteiger partial charge on any atom is 0.130 e. The number of allylic oxidation sites excluding steroid dienone is 1. The Morgan fingerprint density at radius 2 is 1.84 bits per heavy atom. The highest BCUT2D eigenvalue weighted by molar-refractivity contribution is 5.96. The Labute approximate surface area is 185 Å². The SMILES string of the molecule is COc1cc(CCC2=NCC=C2)c(-c2cnn(CCN3CCN(C)CC3)c2)c(OC)c1. The lowest BCUT2D eigenvalue weighted by Gasteiger charge is -2.32. The van der Waals surface area contributed by atoms with Gasteiger partial charge in [0.2, 0.25) is 0 Å². The van der Waals surface area contributed by atoms with Gasteiger partial charge in [-0.2, -0.15) is 5.10 Å². The number of piperazine rings is 1. The molecule has 0 aliphatic carbocycles. The number of hydrogen-bond donors (Lipinski definition) is 0. The fourth-order valence-corrected chi connectivity index (χ4v) is 4.22. The first-order valence-corrected chi connectivity index (χ1v) is 11.0. The second kappa shape index (κ2) is 10.1. The predicted octanol–water partition coefficient (Wildman–Crippen LogP) is 2.76. The molecule has 0 spiro atoms. The molecular formula is C24H33N5O2. The average molecular weight is 424 g/mol. The van der Waals surface area contributed by atoms with Crippen LogP contribution in [0, 0.1) is 0 Å². The Bertz CT molecular complexity index is 941. The zero-order valence-electron chi connectivity index (χ0n) is 18.9. The Balaban J connectivity index is 1.52. The molecule has 31 heavy (non-hydrogen) atoms. The van der Waals surface area contributed by atoms with E-state index in [0.29, 0.717) is 0 Å². The van der Waals surface area contributed by atoms with Crippen LogP contribution in [0.25, 0.3) is 11.1 Å². The number of ether oxygens (including phenoxy) is 2. The molecule has 1 aromatic heterocycles. The summed E-state index contributed by atoms with van der Waals surface area (Å²) in [6.07, 6.45) is 10.1. The molecular weight excluding hydrogens is 390 g/mol. The molecule has 2 aliphatic rings. The van der Waals surface area contributed by atoms with Gasteiger partial charge in [0.05, 0.1) is 33.5 Å². The van der Waals surface area contributed by atoms with E-state index in [9.17, 15) is 0 Å². The third-order valence-corrected chi connectivity index (χ3v) is 6.14. The van der Waals surface area contributed by atoms with Crippen LogP contribution < -0.4 is 9.47 Å². The summed E-state index contributed by atoms with van der Waals surface area (Å²) in [5, 5.41) is 4.65. The van der Waals surface area contributed by atoms with E-state index in [4.69, 9.17) is 9.47 Å². The van der Waals surface area contributed by atoms with Crippen molar-refractivity contribution in [1.29, 1.82) is 0 Å². The lowest BCUT2D eigenvalue weighted by Crippen LogP contribution is -2.45. The predicted molar refractivity (Wildman–Crippen MR) is 124 cm³/mol. The number of methoxy groups -OCH3 is 2. The summed E-state index contributed by atoms with van der Waals surface area (Å²) in [7, 11) is 5.59. The Morgan fingerprint density at radius 3 is 2.55 bits per heavy atom. The monoisotopic (exact) mass is 423 g/mol. The third kappa shape index (κ3) is 5.35. The van der Waals surface area contributed by atoms with E-state index >= 15 is 0 Å². The second-order valence-corrected chi connectivity index (χ2v) is 8.24. The highest BCUT2D eigenvalue weighted by Crippen LogP contribution is 2.37. The maximum absolute atomic E-state index is 5.76. The van der Waals surface area contributed by atoms with Gasteiger partial charge in [-0.15, -0.1) is 0 Å². The lowest BCUT2D eigenvalue weighted by atomic mass is 9.96. The van der Waals surface area contributed by atoms with Gasteiger partial charge in [0, 0.05) is 61.8 Å². The molecule has 2 aliphatic heterocycles. The van der Waals surface area contributed by atoms with E-state index in [2.05, 4.69) is 51.4 Å². The van der Waals surface area contributed by atoms with Crippen molar-refractivity contribution < 1.29 is 9.47 Å². The maximum atomic E-state index is 5.76. The van der Waals surface area contributed by atoms with Crippen LogP contribution in [0.5, 0.6) is 11.5 Å². The average Bonchev–Trinajstić information content (AvgIpc) is 3.48. The molecule has 0 bridgehead atoms. The molecule has 166 valence electrons. The first-order valence-electron chi connectivity index (χ1n) is 11.0. The molecule has 7 heteroatoms. The molecule has 0 saturated carbocycles. The highest BCUT2D eigenvalue weighted by Gasteiger charge is 2.18. The molecule has 3 heterocycles. The zero-order valence-corrected chi connectivity index (χ0v) is 18.9. The van der Waals surface area contributed by atoms with Crippen LogP contribution >= 0.6 is 0 Å². The minimum Gasteiger partial charge on any atom is -0.497 e. The molecule has 1 saturated heterocycles. The molecule has 2 aromatic rings. The molecule has 0 N–H and O–H groups in total. The smallest absolute Gasteiger partial charge is 0.130 e. The Hall–Kier alpha value is -2.64. The molecule has 1 aromatic carbocycles. The Morgan fingerprint density at radius 1 is 1.00 bits per heavy atom. The van der Waals surface area contributed by atoms with Crippen LogP contribution in [0.1, 0.15) is 12.0 Å². The van der Waals surface area contributed by atoms with Gasteiger partial charge in [-0.1, -0.05) is 6.08 Å². The van der Waals surface area contributed by atoms with Gasteiger partial charge in [0.1, 0.15) is 11.5 Å². The fourth-order valence-electron chi connectivity index (χ4n) is 4.22. The van der Waals surface area contributed by atoms with Crippen molar-refractivity contribution in [3.8, 4) is 22.6 Å². The summed E-state index contributed by atoms with van der Waals surface area (Å²) in [5.74, 6) is 1.62. The van der Waals surface area contributed by atoms with Crippen LogP contribution in [-0.4, -0.2) is 85.8 Å². The summed E-state index contributed by atoms with van der Waals surface area (Å²) < 4.78 is 13.3. The number of rotatable bonds is 9. The summed E-state index contributed by atoms with van der Waals surface area (Å²) >= 11 is 0. The van der Waals surface area contributed by atoms with Gasteiger partial charge in [-0.25, -0.2) is 0 Å². The first-order chi connectivity index (χ1) is 15.2. The molecule has 1 fully saturated rings. The summed E-state index contributed by atoms with van der Waals surface area (Å²) in [4.78, 5) is 9.43. The molecule has 0 amide bonds. The van der Waals surface area contributed by atoms with Crippen LogP contribution in [0.2, 0.25) is 0 Å². The van der Waals surface area contributed by atoms with Gasteiger partial charge in [0.25, 0.3) is 0 Å². The van der Waals surface area contributed by atoms with E-state index in [1.165, 1.54) is 5.56 Å². The van der Waals surface area contributed by atoms with E-state index in [1.54, 1.807) is 14.2 Å². The first kappa shape index (κ1) is 21.6. The third-order valence-electron chi connectivity index (χ3n) is 6.14. The number of aliphatic imine (C=N–C) groups is 1. The van der Waals surface area contributed by atoms with Crippen molar-refractivity contribution in [3.05, 3.63) is 42.2 Å². The van der Waals surface area contributed by atoms with Gasteiger partial charge in [-0.05, 0) is 37.6 Å². The summed E-state index contributed by atoms with van der Waals surface area (Å²) in [6, 6.07) is 4.06. The fraction of sp³-hybridized carbons (Fsp3) is 0.500. The van der Waals surface area contributed by atoms with Gasteiger partial charge < -0.3 is 14.4 Å². The minimum atomic E-state index is 0.795. The zero-order chi connectivity index (χ0) is 21.6. The van der Waals surface area contributed by atoms with Crippen LogP contribution in [-0.2, 0) is 13.0 Å². The van der Waals surface area contributed by atoms with Crippen LogP contribution in [0.3, 0.4) is 0 Å².